The van der Waals surface area contributed by atoms with Gasteiger partial charge in [-0.15, -0.1) is 0 Å². The maximum atomic E-state index is 11.9. The summed E-state index contributed by atoms with van der Waals surface area (Å²) in [7, 11) is 0. The predicted octanol–water partition coefficient (Wildman–Crippen LogP) is 4.88. The Morgan fingerprint density at radius 2 is 1.85 bits per heavy atom. The molecule has 7 nitrogen and oxygen atoms in total. The van der Waals surface area contributed by atoms with E-state index in [9.17, 15) is 4.79 Å². The van der Waals surface area contributed by atoms with Crippen molar-refractivity contribution in [3.63, 3.8) is 0 Å². The standard InChI is InChI=1S/C20H20N6O.C7H14/c1-15-22-9-6-19(23-15)26-10-7-16-17(3-2-4-18(16)26)24-11-13-25(14-12-24)20(27)5-8-21;1-7-5-3-2-4-6-7/h2-4,6-7,9-10H,5,11-14H2,1H3;7H,2-6H2,1H3. The monoisotopic (exact) mass is 458 g/mol. The lowest BCUT2D eigenvalue weighted by atomic mass is 9.91. The first-order chi connectivity index (χ1) is 16.6. The van der Waals surface area contributed by atoms with E-state index in [0.717, 1.165) is 47.2 Å². The van der Waals surface area contributed by atoms with Crippen LogP contribution in [0, 0.1) is 24.2 Å². The molecule has 2 aliphatic rings. The minimum Gasteiger partial charge on any atom is -0.367 e. The van der Waals surface area contributed by atoms with Crippen LogP contribution in [0.15, 0.2) is 42.7 Å². The smallest absolute Gasteiger partial charge is 0.236 e. The number of anilines is 1. The summed E-state index contributed by atoms with van der Waals surface area (Å²) in [5.74, 6) is 2.54. The van der Waals surface area contributed by atoms with Gasteiger partial charge < -0.3 is 14.4 Å². The van der Waals surface area contributed by atoms with E-state index in [1.165, 1.54) is 32.1 Å². The lowest BCUT2D eigenvalue weighted by Crippen LogP contribution is -2.48. The summed E-state index contributed by atoms with van der Waals surface area (Å²) in [6.45, 7) is 7.04. The summed E-state index contributed by atoms with van der Waals surface area (Å²) in [4.78, 5) is 24.7. The molecular weight excluding hydrogens is 424 g/mol. The number of hydrogen-bond donors (Lipinski definition) is 0. The van der Waals surface area contributed by atoms with Crippen molar-refractivity contribution in [2.45, 2.75) is 52.4 Å². The van der Waals surface area contributed by atoms with Crippen LogP contribution in [-0.2, 0) is 4.79 Å². The van der Waals surface area contributed by atoms with E-state index in [0.29, 0.717) is 13.1 Å². The minimum atomic E-state index is -0.0827. The zero-order chi connectivity index (χ0) is 23.9. The molecule has 0 atom stereocenters. The van der Waals surface area contributed by atoms with Crippen molar-refractivity contribution in [3.05, 3.63) is 48.5 Å². The molecule has 2 fully saturated rings. The summed E-state index contributed by atoms with van der Waals surface area (Å²) in [5.41, 5.74) is 2.25. The highest BCUT2D eigenvalue weighted by Crippen LogP contribution is 2.30. The Morgan fingerprint density at radius 1 is 1.09 bits per heavy atom. The Bertz CT molecular complexity index is 1150. The molecule has 2 aromatic heterocycles. The number of amides is 1. The molecule has 1 amide bonds. The van der Waals surface area contributed by atoms with Crippen LogP contribution in [0.1, 0.15) is 51.3 Å². The van der Waals surface area contributed by atoms with E-state index in [-0.39, 0.29) is 12.3 Å². The number of benzene rings is 1. The summed E-state index contributed by atoms with van der Waals surface area (Å²) in [5, 5.41) is 9.87. The first-order valence-electron chi connectivity index (χ1n) is 12.4. The van der Waals surface area contributed by atoms with Gasteiger partial charge in [-0.3, -0.25) is 4.79 Å². The second-order valence-corrected chi connectivity index (χ2v) is 9.30. The van der Waals surface area contributed by atoms with Crippen molar-refractivity contribution < 1.29 is 4.79 Å². The summed E-state index contributed by atoms with van der Waals surface area (Å²) < 4.78 is 2.07. The fraction of sp³-hybridized carbons (Fsp3) is 0.481. The molecule has 0 unspecified atom stereocenters. The van der Waals surface area contributed by atoms with Crippen molar-refractivity contribution in [1.82, 2.24) is 19.4 Å². The molecule has 3 aromatic rings. The second kappa shape index (κ2) is 11.1. The van der Waals surface area contributed by atoms with Gasteiger partial charge in [0.15, 0.2) is 0 Å². The zero-order valence-electron chi connectivity index (χ0n) is 20.3. The van der Waals surface area contributed by atoms with Crippen molar-refractivity contribution in [1.29, 1.82) is 5.26 Å². The molecule has 1 aromatic carbocycles. The number of carbonyl (C=O) groups excluding carboxylic acids is 1. The predicted molar refractivity (Wildman–Crippen MR) is 135 cm³/mol. The van der Waals surface area contributed by atoms with Crippen LogP contribution in [0.5, 0.6) is 0 Å². The molecule has 34 heavy (non-hydrogen) atoms. The minimum absolute atomic E-state index is 0.0449. The number of aryl methyl sites for hydroxylation is 1. The Balaban J connectivity index is 0.000000336. The maximum Gasteiger partial charge on any atom is 0.236 e. The van der Waals surface area contributed by atoms with Crippen LogP contribution in [0.4, 0.5) is 5.69 Å². The highest BCUT2D eigenvalue weighted by atomic mass is 16.2. The van der Waals surface area contributed by atoms with E-state index in [4.69, 9.17) is 5.26 Å². The fourth-order valence-electron chi connectivity index (χ4n) is 4.89. The topological polar surface area (TPSA) is 78.0 Å². The molecule has 1 aliphatic carbocycles. The molecule has 5 rings (SSSR count). The SMILES string of the molecule is CC1CCCCC1.Cc1nccc(-n2ccc3c(N4CCN(C(=O)CC#N)CC4)cccc32)n1. The van der Waals surface area contributed by atoms with E-state index >= 15 is 0 Å². The molecule has 0 bridgehead atoms. The Hall–Kier alpha value is -3.40. The highest BCUT2D eigenvalue weighted by Gasteiger charge is 2.22. The first kappa shape index (κ1) is 23.7. The lowest BCUT2D eigenvalue weighted by Gasteiger charge is -2.36. The molecule has 1 saturated heterocycles. The third-order valence-electron chi connectivity index (χ3n) is 6.82. The second-order valence-electron chi connectivity index (χ2n) is 9.30. The molecule has 178 valence electrons. The van der Waals surface area contributed by atoms with Crippen LogP contribution in [0.25, 0.3) is 16.7 Å². The van der Waals surface area contributed by atoms with Gasteiger partial charge in [0, 0.05) is 49.6 Å². The van der Waals surface area contributed by atoms with Crippen molar-refractivity contribution in [2.75, 3.05) is 31.1 Å². The Morgan fingerprint density at radius 3 is 2.50 bits per heavy atom. The van der Waals surface area contributed by atoms with Gasteiger partial charge in [0.2, 0.25) is 5.91 Å². The molecular formula is C27H34N6O. The number of hydrogen-bond acceptors (Lipinski definition) is 5. The number of carbonyl (C=O) groups is 1. The number of nitriles is 1. The van der Waals surface area contributed by atoms with Gasteiger partial charge in [0.05, 0.1) is 11.6 Å². The summed E-state index contributed by atoms with van der Waals surface area (Å²) in [6.07, 6.45) is 11.2. The van der Waals surface area contributed by atoms with Crippen LogP contribution in [0.2, 0.25) is 0 Å². The van der Waals surface area contributed by atoms with E-state index in [2.05, 4.69) is 50.6 Å². The molecule has 1 saturated carbocycles. The molecule has 1 aliphatic heterocycles. The van der Waals surface area contributed by atoms with Gasteiger partial charge in [0.25, 0.3) is 0 Å². The quantitative estimate of drug-likeness (QED) is 0.559. The van der Waals surface area contributed by atoms with E-state index < -0.39 is 0 Å². The number of piperazine rings is 1. The van der Waals surface area contributed by atoms with Crippen molar-refractivity contribution >= 4 is 22.5 Å². The van der Waals surface area contributed by atoms with Gasteiger partial charge in [-0.05, 0) is 37.1 Å². The van der Waals surface area contributed by atoms with Crippen LogP contribution in [-0.4, -0.2) is 51.5 Å². The van der Waals surface area contributed by atoms with Crippen LogP contribution in [0.3, 0.4) is 0 Å². The van der Waals surface area contributed by atoms with Gasteiger partial charge >= 0.3 is 0 Å². The normalized spacial score (nSPS) is 16.6. The summed E-state index contributed by atoms with van der Waals surface area (Å²) >= 11 is 0. The number of nitrogens with zero attached hydrogens (tertiary/aromatic N) is 6. The third-order valence-corrected chi connectivity index (χ3v) is 6.82. The van der Waals surface area contributed by atoms with Crippen molar-refractivity contribution in [3.8, 4) is 11.9 Å². The number of fused-ring (bicyclic) bond motifs is 1. The highest BCUT2D eigenvalue weighted by molar-refractivity contribution is 5.94. The number of rotatable bonds is 3. The molecule has 3 heterocycles. The van der Waals surface area contributed by atoms with E-state index in [1.54, 1.807) is 11.1 Å². The fourth-order valence-corrected chi connectivity index (χ4v) is 4.89. The molecule has 0 radical (unpaired) electrons. The first-order valence-corrected chi connectivity index (χ1v) is 12.4. The molecule has 0 spiro atoms. The Kier molecular flexibility index (Phi) is 7.79. The van der Waals surface area contributed by atoms with Gasteiger partial charge in [0.1, 0.15) is 18.1 Å². The molecule has 0 N–H and O–H groups in total. The van der Waals surface area contributed by atoms with Crippen LogP contribution < -0.4 is 4.90 Å². The largest absolute Gasteiger partial charge is 0.367 e. The number of aromatic nitrogens is 3. The van der Waals surface area contributed by atoms with E-state index in [1.807, 2.05) is 25.3 Å². The zero-order valence-corrected chi connectivity index (χ0v) is 20.3. The van der Waals surface area contributed by atoms with Gasteiger partial charge in [-0.25, -0.2) is 9.97 Å². The lowest BCUT2D eigenvalue weighted by molar-refractivity contribution is -0.130. The Labute approximate surface area is 202 Å². The third kappa shape index (κ3) is 5.56. The maximum absolute atomic E-state index is 11.9. The van der Waals surface area contributed by atoms with Crippen LogP contribution >= 0.6 is 0 Å². The van der Waals surface area contributed by atoms with Gasteiger partial charge in [-0.1, -0.05) is 45.1 Å². The summed E-state index contributed by atoms with van der Waals surface area (Å²) in [6, 6.07) is 12.2. The average molecular weight is 459 g/mol. The average Bonchev–Trinajstić information content (AvgIpc) is 3.30. The molecule has 7 heteroatoms. The van der Waals surface area contributed by atoms with Crippen molar-refractivity contribution in [2.24, 2.45) is 5.92 Å². The van der Waals surface area contributed by atoms with Gasteiger partial charge in [-0.2, -0.15) is 5.26 Å².